The Labute approximate surface area is 137 Å². The number of rotatable bonds is 6. The Hall–Kier alpha value is -2.06. The molecule has 0 atom stereocenters. The number of halogens is 3. The first kappa shape index (κ1) is 18.3. The summed E-state index contributed by atoms with van der Waals surface area (Å²) in [5, 5.41) is 5.94. The van der Waals surface area contributed by atoms with Gasteiger partial charge in [0.15, 0.2) is 12.3 Å². The second kappa shape index (κ2) is 8.16. The summed E-state index contributed by atoms with van der Waals surface area (Å²) in [6.45, 7) is -0.366. The highest BCUT2D eigenvalue weighted by atomic mass is 19.4. The summed E-state index contributed by atoms with van der Waals surface area (Å²) < 4.78 is 42.7. The number of carbonyl (C=O) groups excluding carboxylic acids is 2. The van der Waals surface area contributed by atoms with Crippen LogP contribution in [0.25, 0.3) is 0 Å². The highest BCUT2D eigenvalue weighted by molar-refractivity contribution is 5.80. The number of hydrogen-bond donors (Lipinski definition) is 1. The van der Waals surface area contributed by atoms with Gasteiger partial charge in [-0.15, -0.1) is 0 Å². The van der Waals surface area contributed by atoms with Crippen molar-refractivity contribution in [2.24, 2.45) is 5.92 Å². The lowest BCUT2D eigenvalue weighted by molar-refractivity contribution is -0.150. The van der Waals surface area contributed by atoms with E-state index in [1.165, 1.54) is 19.3 Å². The number of esters is 1. The van der Waals surface area contributed by atoms with Gasteiger partial charge in [0, 0.05) is 12.7 Å². The Bertz CT molecular complexity index is 566. The van der Waals surface area contributed by atoms with Crippen LogP contribution in [0.1, 0.15) is 37.8 Å². The Morgan fingerprint density at radius 1 is 1.29 bits per heavy atom. The van der Waals surface area contributed by atoms with Crippen LogP contribution in [-0.2, 0) is 27.0 Å². The van der Waals surface area contributed by atoms with Gasteiger partial charge in [0.2, 0.25) is 0 Å². The quantitative estimate of drug-likeness (QED) is 0.800. The van der Waals surface area contributed by atoms with Crippen molar-refractivity contribution in [3.63, 3.8) is 0 Å². The lowest BCUT2D eigenvalue weighted by atomic mass is 9.89. The zero-order valence-electron chi connectivity index (χ0n) is 13.1. The number of aromatic nitrogens is 2. The summed E-state index contributed by atoms with van der Waals surface area (Å²) in [5.74, 6) is -0.770. The maximum absolute atomic E-state index is 12.4. The SMILES string of the molecule is O=C(COC(=O)Cn1ccc(C(F)(F)F)n1)NCC1CCCCC1. The second-order valence-corrected chi connectivity index (χ2v) is 5.87. The highest BCUT2D eigenvalue weighted by Crippen LogP contribution is 2.27. The number of hydrogen-bond acceptors (Lipinski definition) is 4. The van der Waals surface area contributed by atoms with Crippen molar-refractivity contribution < 1.29 is 27.5 Å². The molecule has 2 rings (SSSR count). The van der Waals surface area contributed by atoms with E-state index in [1.807, 2.05) is 0 Å². The van der Waals surface area contributed by atoms with Crippen LogP contribution in [0.3, 0.4) is 0 Å². The van der Waals surface area contributed by atoms with Crippen LogP contribution in [0.4, 0.5) is 13.2 Å². The van der Waals surface area contributed by atoms with Gasteiger partial charge < -0.3 is 10.1 Å². The molecule has 0 aromatic carbocycles. The minimum absolute atomic E-state index is 0.412. The molecule has 1 aromatic heterocycles. The highest BCUT2D eigenvalue weighted by Gasteiger charge is 2.33. The van der Waals surface area contributed by atoms with Crippen molar-refractivity contribution in [2.45, 2.75) is 44.8 Å². The van der Waals surface area contributed by atoms with E-state index in [-0.39, 0.29) is 0 Å². The monoisotopic (exact) mass is 347 g/mol. The molecule has 24 heavy (non-hydrogen) atoms. The fourth-order valence-corrected chi connectivity index (χ4v) is 2.63. The van der Waals surface area contributed by atoms with Crippen LogP contribution in [0.2, 0.25) is 0 Å². The maximum atomic E-state index is 12.4. The van der Waals surface area contributed by atoms with E-state index >= 15 is 0 Å². The lowest BCUT2D eigenvalue weighted by Crippen LogP contribution is -2.34. The fourth-order valence-electron chi connectivity index (χ4n) is 2.63. The lowest BCUT2D eigenvalue weighted by Gasteiger charge is -2.21. The van der Waals surface area contributed by atoms with Crippen LogP contribution in [0, 0.1) is 5.92 Å². The van der Waals surface area contributed by atoms with Crippen molar-refractivity contribution in [3.8, 4) is 0 Å². The largest absolute Gasteiger partial charge is 0.454 e. The molecule has 0 aliphatic heterocycles. The van der Waals surface area contributed by atoms with Crippen LogP contribution in [0.5, 0.6) is 0 Å². The summed E-state index contributed by atoms with van der Waals surface area (Å²) in [6, 6.07) is 0.768. The number of alkyl halides is 3. The predicted octanol–water partition coefficient (Wildman–Crippen LogP) is 2.14. The van der Waals surface area contributed by atoms with Crippen molar-refractivity contribution in [2.75, 3.05) is 13.2 Å². The minimum Gasteiger partial charge on any atom is -0.454 e. The summed E-state index contributed by atoms with van der Waals surface area (Å²) in [5.41, 5.74) is -1.08. The van der Waals surface area contributed by atoms with Gasteiger partial charge in [-0.05, 0) is 24.8 Å². The first-order valence-corrected chi connectivity index (χ1v) is 7.87. The number of nitrogens with zero attached hydrogens (tertiary/aromatic N) is 2. The van der Waals surface area contributed by atoms with Crippen molar-refractivity contribution in [1.82, 2.24) is 15.1 Å². The molecule has 0 unspecified atom stereocenters. The zero-order valence-corrected chi connectivity index (χ0v) is 13.1. The van der Waals surface area contributed by atoms with Crippen LogP contribution in [-0.4, -0.2) is 34.8 Å². The van der Waals surface area contributed by atoms with Gasteiger partial charge in [-0.25, -0.2) is 0 Å². The normalized spacial score (nSPS) is 16.0. The van der Waals surface area contributed by atoms with Crippen LogP contribution >= 0.6 is 0 Å². The average molecular weight is 347 g/mol. The first-order valence-electron chi connectivity index (χ1n) is 7.87. The van der Waals surface area contributed by atoms with E-state index in [1.54, 1.807) is 0 Å². The summed E-state index contributed by atoms with van der Waals surface area (Å²) >= 11 is 0. The molecule has 1 aliphatic carbocycles. The molecule has 0 radical (unpaired) electrons. The molecule has 1 N–H and O–H groups in total. The molecule has 0 spiro atoms. The van der Waals surface area contributed by atoms with Gasteiger partial charge in [0.25, 0.3) is 5.91 Å². The van der Waals surface area contributed by atoms with Crippen LogP contribution in [0.15, 0.2) is 12.3 Å². The van der Waals surface area contributed by atoms with Crippen molar-refractivity contribution in [1.29, 1.82) is 0 Å². The fraction of sp³-hybridized carbons (Fsp3) is 0.667. The molecule has 1 fully saturated rings. The van der Waals surface area contributed by atoms with Crippen molar-refractivity contribution >= 4 is 11.9 Å². The third-order valence-corrected chi connectivity index (χ3v) is 3.90. The standard InChI is InChI=1S/C15H20F3N3O3/c16-15(17,18)12-6-7-21(20-12)9-14(23)24-10-13(22)19-8-11-4-2-1-3-5-11/h6-7,11H,1-5,8-10H2,(H,19,22). The van der Waals surface area contributed by atoms with Gasteiger partial charge in [0.05, 0.1) is 0 Å². The minimum atomic E-state index is -4.56. The topological polar surface area (TPSA) is 73.2 Å². The predicted molar refractivity (Wildman–Crippen MR) is 77.8 cm³/mol. The molecule has 1 amide bonds. The molecule has 134 valence electrons. The molecule has 0 saturated heterocycles. The zero-order chi connectivity index (χ0) is 17.6. The second-order valence-electron chi connectivity index (χ2n) is 5.87. The Balaban J connectivity index is 1.67. The first-order chi connectivity index (χ1) is 11.3. The van der Waals surface area contributed by atoms with Gasteiger partial charge in [0.1, 0.15) is 6.54 Å². The van der Waals surface area contributed by atoms with Crippen molar-refractivity contribution in [3.05, 3.63) is 18.0 Å². The molecule has 1 heterocycles. The average Bonchev–Trinajstić information content (AvgIpc) is 3.00. The number of amides is 1. The van der Waals surface area contributed by atoms with Gasteiger partial charge in [-0.2, -0.15) is 18.3 Å². The van der Waals surface area contributed by atoms with E-state index in [0.29, 0.717) is 12.5 Å². The molecule has 0 bridgehead atoms. The molecule has 1 aromatic rings. The molecular weight excluding hydrogens is 327 g/mol. The van der Waals surface area contributed by atoms with Crippen LogP contribution < -0.4 is 5.32 Å². The Morgan fingerprint density at radius 2 is 2.00 bits per heavy atom. The third kappa shape index (κ3) is 5.86. The third-order valence-electron chi connectivity index (χ3n) is 3.90. The number of ether oxygens (including phenoxy) is 1. The van der Waals surface area contributed by atoms with E-state index in [4.69, 9.17) is 4.74 Å². The number of carbonyl (C=O) groups is 2. The molecule has 1 aliphatic rings. The summed E-state index contributed by atoms with van der Waals surface area (Å²) in [4.78, 5) is 23.2. The van der Waals surface area contributed by atoms with Gasteiger partial charge >= 0.3 is 12.1 Å². The van der Waals surface area contributed by atoms with E-state index in [0.717, 1.165) is 29.8 Å². The Kier molecular flexibility index (Phi) is 6.22. The summed E-state index contributed by atoms with van der Waals surface area (Å²) in [7, 11) is 0. The summed E-state index contributed by atoms with van der Waals surface area (Å²) in [6.07, 6.45) is 2.20. The van der Waals surface area contributed by atoms with E-state index in [9.17, 15) is 22.8 Å². The molecule has 9 heteroatoms. The van der Waals surface area contributed by atoms with E-state index < -0.39 is 36.9 Å². The molecular formula is C15H20F3N3O3. The van der Waals surface area contributed by atoms with Gasteiger partial charge in [-0.1, -0.05) is 19.3 Å². The van der Waals surface area contributed by atoms with E-state index in [2.05, 4.69) is 10.4 Å². The Morgan fingerprint density at radius 3 is 2.62 bits per heavy atom. The molecule has 1 saturated carbocycles. The molecule has 6 nitrogen and oxygen atoms in total. The number of nitrogens with one attached hydrogen (secondary N) is 1. The maximum Gasteiger partial charge on any atom is 0.435 e. The van der Waals surface area contributed by atoms with Gasteiger partial charge in [-0.3, -0.25) is 14.3 Å². The smallest absolute Gasteiger partial charge is 0.435 e.